The Kier molecular flexibility index (Phi) is 4.91. The van der Waals surface area contributed by atoms with E-state index in [0.29, 0.717) is 46.8 Å². The number of nitrogens with one attached hydrogen (secondary N) is 2. The molecule has 0 aliphatic carbocycles. The van der Waals surface area contributed by atoms with E-state index in [9.17, 15) is 4.79 Å². The first-order chi connectivity index (χ1) is 17.0. The van der Waals surface area contributed by atoms with E-state index in [-0.39, 0.29) is 11.7 Å². The molecule has 3 aromatic heterocycles. The van der Waals surface area contributed by atoms with E-state index in [4.69, 9.17) is 14.5 Å². The van der Waals surface area contributed by atoms with Crippen molar-refractivity contribution in [3.8, 4) is 17.2 Å². The minimum Gasteiger partial charge on any atom is -0.486 e. The van der Waals surface area contributed by atoms with Crippen LogP contribution in [0.4, 0.5) is 5.95 Å². The number of nitrogens with zero attached hydrogens (tertiary/aromatic N) is 4. The van der Waals surface area contributed by atoms with Crippen molar-refractivity contribution in [2.24, 2.45) is 0 Å². The van der Waals surface area contributed by atoms with Gasteiger partial charge in [0.25, 0.3) is 5.56 Å². The maximum atomic E-state index is 13.6. The van der Waals surface area contributed by atoms with Crippen LogP contribution < -0.4 is 20.3 Å². The summed E-state index contributed by atoms with van der Waals surface area (Å²) in [5, 5.41) is 11.5. The fourth-order valence-corrected chi connectivity index (χ4v) is 4.78. The first-order valence-electron chi connectivity index (χ1n) is 11.4. The highest BCUT2D eigenvalue weighted by atomic mass is 16.6. The van der Waals surface area contributed by atoms with Crippen LogP contribution in [-0.4, -0.2) is 44.0 Å². The number of benzene rings is 2. The minimum absolute atomic E-state index is 0.179. The Bertz CT molecular complexity index is 1630. The number of aromatic nitrogens is 5. The number of aryl methyl sites for hydroxylation is 3. The smallest absolute Gasteiger partial charge is 0.267 e. The average Bonchev–Trinajstić information content (AvgIpc) is 3.34. The molecular formula is C26H24N6O3. The van der Waals surface area contributed by atoms with E-state index in [1.807, 2.05) is 45.0 Å². The molecule has 9 nitrogen and oxygen atoms in total. The van der Waals surface area contributed by atoms with Crippen LogP contribution in [0, 0.1) is 20.8 Å². The maximum Gasteiger partial charge on any atom is 0.267 e. The summed E-state index contributed by atoms with van der Waals surface area (Å²) in [5.41, 5.74) is 4.89. The van der Waals surface area contributed by atoms with Crippen LogP contribution in [-0.2, 0) is 0 Å². The lowest BCUT2D eigenvalue weighted by molar-refractivity contribution is 0.0996. The molecule has 4 heterocycles. The van der Waals surface area contributed by atoms with E-state index in [2.05, 4.69) is 32.6 Å². The van der Waals surface area contributed by atoms with Crippen molar-refractivity contribution < 1.29 is 9.47 Å². The molecule has 35 heavy (non-hydrogen) atoms. The average molecular weight is 469 g/mol. The second-order valence-electron chi connectivity index (χ2n) is 8.86. The lowest BCUT2D eigenvalue weighted by Gasteiger charge is -2.26. The van der Waals surface area contributed by atoms with Crippen molar-refractivity contribution in [2.45, 2.75) is 26.9 Å². The molecule has 0 spiro atoms. The van der Waals surface area contributed by atoms with E-state index >= 15 is 0 Å². The number of ether oxygens (including phenoxy) is 2. The molecule has 0 bridgehead atoms. The third-order valence-corrected chi connectivity index (χ3v) is 6.24. The monoisotopic (exact) mass is 468 g/mol. The minimum atomic E-state index is -0.205. The van der Waals surface area contributed by atoms with Crippen LogP contribution in [0.2, 0.25) is 0 Å². The Labute approximate surface area is 200 Å². The Morgan fingerprint density at radius 2 is 1.86 bits per heavy atom. The van der Waals surface area contributed by atoms with E-state index in [0.717, 1.165) is 28.1 Å². The number of hydrogen-bond donors (Lipinski definition) is 2. The normalized spacial score (nSPS) is 15.0. The van der Waals surface area contributed by atoms with E-state index in [1.165, 1.54) is 0 Å². The zero-order valence-electron chi connectivity index (χ0n) is 19.6. The third kappa shape index (κ3) is 3.56. The van der Waals surface area contributed by atoms with Crippen molar-refractivity contribution in [1.82, 2.24) is 24.7 Å². The zero-order valence-corrected chi connectivity index (χ0v) is 19.6. The van der Waals surface area contributed by atoms with Crippen molar-refractivity contribution in [1.29, 1.82) is 0 Å². The van der Waals surface area contributed by atoms with Crippen molar-refractivity contribution in [3.05, 3.63) is 75.8 Å². The molecule has 2 N–H and O–H groups in total. The molecule has 0 radical (unpaired) electrons. The first kappa shape index (κ1) is 21.2. The largest absolute Gasteiger partial charge is 0.486 e. The molecule has 0 saturated heterocycles. The summed E-state index contributed by atoms with van der Waals surface area (Å²) in [7, 11) is 0. The van der Waals surface area contributed by atoms with Gasteiger partial charge in [-0.05, 0) is 44.0 Å². The summed E-state index contributed by atoms with van der Waals surface area (Å²) in [4.78, 5) is 22.9. The summed E-state index contributed by atoms with van der Waals surface area (Å²) in [5.74, 6) is 1.85. The summed E-state index contributed by atoms with van der Waals surface area (Å²) in [6.07, 6.45) is 3.06. The summed E-state index contributed by atoms with van der Waals surface area (Å²) < 4.78 is 13.5. The molecule has 6 rings (SSSR count). The molecule has 2 aromatic carbocycles. The molecule has 176 valence electrons. The van der Waals surface area contributed by atoms with Gasteiger partial charge in [0.15, 0.2) is 17.1 Å². The van der Waals surface area contributed by atoms with Gasteiger partial charge in [0.05, 0.1) is 34.7 Å². The number of pyridine rings is 1. The molecule has 5 aromatic rings. The number of H-pyrrole nitrogens is 1. The van der Waals surface area contributed by atoms with Crippen LogP contribution in [0.3, 0.4) is 0 Å². The van der Waals surface area contributed by atoms with Gasteiger partial charge in [-0.25, -0.2) is 4.98 Å². The van der Waals surface area contributed by atoms with Gasteiger partial charge < -0.3 is 14.8 Å². The second kappa shape index (κ2) is 8.12. The van der Waals surface area contributed by atoms with Gasteiger partial charge in [-0.15, -0.1) is 0 Å². The second-order valence-corrected chi connectivity index (χ2v) is 8.86. The van der Waals surface area contributed by atoms with Crippen LogP contribution >= 0.6 is 0 Å². The first-order valence-corrected chi connectivity index (χ1v) is 11.4. The molecule has 1 unspecified atom stereocenters. The zero-order chi connectivity index (χ0) is 24.1. The quantitative estimate of drug-likeness (QED) is 0.413. The van der Waals surface area contributed by atoms with Gasteiger partial charge in [-0.3, -0.25) is 14.5 Å². The molecule has 0 fully saturated rings. The molecule has 9 heteroatoms. The summed E-state index contributed by atoms with van der Waals surface area (Å²) in [6, 6.07) is 11.7. The van der Waals surface area contributed by atoms with Gasteiger partial charge in [0.2, 0.25) is 5.95 Å². The van der Waals surface area contributed by atoms with Gasteiger partial charge in [0, 0.05) is 6.20 Å². The Morgan fingerprint density at radius 1 is 1.09 bits per heavy atom. The number of rotatable bonds is 4. The molecule has 1 aliphatic rings. The number of anilines is 1. The standard InChI is InChI=1S/C26H24N6O3/c1-14-8-15(2)23(16(3)9-14)32-24-18(22-19(25(32)33)12-29-31-22)11-28-26(30-24)27-10-17-13-34-20-6-4-5-7-21(20)35-17/h4-9,11-12,17H,10,13H2,1-3H3,(H,29,31)(H,27,28,30). The SMILES string of the molecule is Cc1cc(C)c(-n2c(=O)c3cn[nH]c3c3cnc(NCC4COc5ccccc5O4)nc32)c(C)c1. The van der Waals surface area contributed by atoms with Crippen LogP contribution in [0.1, 0.15) is 16.7 Å². The summed E-state index contributed by atoms with van der Waals surface area (Å²) in [6.45, 7) is 6.92. The highest BCUT2D eigenvalue weighted by molar-refractivity contribution is 6.02. The van der Waals surface area contributed by atoms with Gasteiger partial charge in [0.1, 0.15) is 12.7 Å². The van der Waals surface area contributed by atoms with E-state index in [1.54, 1.807) is 17.0 Å². The summed E-state index contributed by atoms with van der Waals surface area (Å²) >= 11 is 0. The third-order valence-electron chi connectivity index (χ3n) is 6.24. The fourth-order valence-electron chi connectivity index (χ4n) is 4.78. The predicted molar refractivity (Wildman–Crippen MR) is 134 cm³/mol. The van der Waals surface area contributed by atoms with Gasteiger partial charge in [-0.2, -0.15) is 10.1 Å². The lowest BCUT2D eigenvalue weighted by atomic mass is 10.0. The van der Waals surface area contributed by atoms with Crippen LogP contribution in [0.25, 0.3) is 27.6 Å². The van der Waals surface area contributed by atoms with E-state index < -0.39 is 0 Å². The number of aromatic amines is 1. The topological polar surface area (TPSA) is 107 Å². The van der Waals surface area contributed by atoms with Crippen molar-refractivity contribution in [2.75, 3.05) is 18.5 Å². The van der Waals surface area contributed by atoms with Crippen molar-refractivity contribution >= 4 is 27.9 Å². The molecule has 1 atom stereocenters. The van der Waals surface area contributed by atoms with Crippen LogP contribution in [0.15, 0.2) is 53.6 Å². The number of para-hydroxylation sites is 2. The van der Waals surface area contributed by atoms with Gasteiger partial charge in [-0.1, -0.05) is 29.8 Å². The lowest BCUT2D eigenvalue weighted by Crippen LogP contribution is -2.35. The highest BCUT2D eigenvalue weighted by Crippen LogP contribution is 2.31. The highest BCUT2D eigenvalue weighted by Gasteiger charge is 2.22. The molecule has 0 saturated carbocycles. The Hall–Kier alpha value is -4.40. The predicted octanol–water partition coefficient (Wildman–Crippen LogP) is 3.83. The molecule has 0 amide bonds. The number of fused-ring (bicyclic) bond motifs is 4. The number of hydrogen-bond acceptors (Lipinski definition) is 7. The Balaban J connectivity index is 1.42. The maximum absolute atomic E-state index is 13.6. The molecule has 1 aliphatic heterocycles. The van der Waals surface area contributed by atoms with Crippen LogP contribution in [0.5, 0.6) is 11.5 Å². The molecular weight excluding hydrogens is 444 g/mol. The van der Waals surface area contributed by atoms with Crippen molar-refractivity contribution in [3.63, 3.8) is 0 Å². The Morgan fingerprint density at radius 3 is 2.66 bits per heavy atom. The fraction of sp³-hybridized carbons (Fsp3) is 0.231. The van der Waals surface area contributed by atoms with Gasteiger partial charge >= 0.3 is 0 Å².